The topological polar surface area (TPSA) is 97.6 Å². The molecule has 0 unspecified atom stereocenters. The number of hydrogen-bond donors (Lipinski definition) is 2. The van der Waals surface area contributed by atoms with Gasteiger partial charge in [0, 0.05) is 28.9 Å². The molecular weight excluding hydrogens is 549 g/mol. The number of hydrazine groups is 1. The fourth-order valence-electron chi connectivity index (χ4n) is 3.58. The van der Waals surface area contributed by atoms with Crippen molar-refractivity contribution in [3.05, 3.63) is 102 Å². The Balaban J connectivity index is 1.57. The zero-order chi connectivity index (χ0) is 24.2. The largest absolute Gasteiger partial charge is 0.348 e. The van der Waals surface area contributed by atoms with Gasteiger partial charge in [-0.15, -0.1) is 0 Å². The molecule has 0 saturated carbocycles. The molecule has 4 rings (SSSR count). The first kappa shape index (κ1) is 23.8. The highest BCUT2D eigenvalue weighted by molar-refractivity contribution is 14.1. The van der Waals surface area contributed by atoms with E-state index in [1.165, 1.54) is 20.4 Å². The summed E-state index contributed by atoms with van der Waals surface area (Å²) in [6, 6.07) is 12.4. The van der Waals surface area contributed by atoms with E-state index in [0.717, 1.165) is 14.7 Å². The second kappa shape index (κ2) is 10.3. The molecule has 1 aliphatic heterocycles. The standard InChI is InChI=1S/C24H24IN5O4/c1-3-34-30-11-10-17(14-27-30)13-26-22(31)18-6-9-21-20(12-18)23(32)29(24(33)28(21)2)15-16-4-7-19(25)8-5-16/h4-12,14,27H,3,13,15H2,1-2H3,(H,26,31). The van der Waals surface area contributed by atoms with Crippen LogP contribution in [-0.2, 0) is 18.4 Å². The normalized spacial score (nSPS) is 13.0. The van der Waals surface area contributed by atoms with Gasteiger partial charge in [-0.25, -0.2) is 4.79 Å². The molecule has 1 aromatic heterocycles. The number of rotatable bonds is 7. The Morgan fingerprint density at radius 2 is 1.91 bits per heavy atom. The van der Waals surface area contributed by atoms with Crippen LogP contribution in [0.4, 0.5) is 0 Å². The number of hydrogen-bond acceptors (Lipinski definition) is 6. The number of hydroxylamine groups is 1. The third kappa shape index (κ3) is 5.07. The summed E-state index contributed by atoms with van der Waals surface area (Å²) in [4.78, 5) is 44.1. The van der Waals surface area contributed by atoms with Crippen LogP contribution in [0.5, 0.6) is 0 Å². The molecule has 176 valence electrons. The number of halogens is 1. The second-order valence-corrected chi connectivity index (χ2v) is 8.93. The van der Waals surface area contributed by atoms with Gasteiger partial charge in [-0.05, 0) is 77.1 Å². The molecule has 0 fully saturated rings. The van der Waals surface area contributed by atoms with E-state index in [9.17, 15) is 14.4 Å². The van der Waals surface area contributed by atoms with Gasteiger partial charge in [0.15, 0.2) is 0 Å². The van der Waals surface area contributed by atoms with Crippen molar-refractivity contribution in [3.8, 4) is 0 Å². The molecule has 2 aromatic carbocycles. The van der Waals surface area contributed by atoms with Crippen LogP contribution in [0, 0.1) is 3.57 Å². The Labute approximate surface area is 209 Å². The summed E-state index contributed by atoms with van der Waals surface area (Å²) in [6.45, 7) is 2.86. The molecule has 2 N–H and O–H groups in total. The lowest BCUT2D eigenvalue weighted by Gasteiger charge is -2.22. The third-order valence-corrected chi connectivity index (χ3v) is 6.11. The van der Waals surface area contributed by atoms with Gasteiger partial charge in [0.05, 0.1) is 30.3 Å². The minimum Gasteiger partial charge on any atom is -0.348 e. The van der Waals surface area contributed by atoms with Crippen molar-refractivity contribution >= 4 is 39.4 Å². The van der Waals surface area contributed by atoms with Crippen LogP contribution in [0.1, 0.15) is 22.8 Å². The van der Waals surface area contributed by atoms with Crippen molar-refractivity contribution < 1.29 is 9.63 Å². The van der Waals surface area contributed by atoms with E-state index in [2.05, 4.69) is 33.3 Å². The smallest absolute Gasteiger partial charge is 0.331 e. The minimum absolute atomic E-state index is 0.154. The van der Waals surface area contributed by atoms with Crippen molar-refractivity contribution in [1.82, 2.24) is 25.0 Å². The predicted molar refractivity (Wildman–Crippen MR) is 138 cm³/mol. The maximum absolute atomic E-state index is 13.2. The lowest BCUT2D eigenvalue weighted by Crippen LogP contribution is -2.39. The molecule has 0 radical (unpaired) electrons. The predicted octanol–water partition coefficient (Wildman–Crippen LogP) is 2.25. The molecule has 34 heavy (non-hydrogen) atoms. The highest BCUT2D eigenvalue weighted by atomic mass is 127. The number of nitrogens with one attached hydrogen (secondary N) is 2. The van der Waals surface area contributed by atoms with Crippen LogP contribution >= 0.6 is 22.6 Å². The monoisotopic (exact) mass is 573 g/mol. The summed E-state index contributed by atoms with van der Waals surface area (Å²) < 4.78 is 3.69. The van der Waals surface area contributed by atoms with Gasteiger partial charge in [-0.1, -0.05) is 12.1 Å². The molecule has 0 atom stereocenters. The Kier molecular flexibility index (Phi) is 7.17. The quantitative estimate of drug-likeness (QED) is 0.421. The number of fused-ring (bicyclic) bond motifs is 1. The fraction of sp³-hybridized carbons (Fsp3) is 0.208. The number of carbonyl (C=O) groups is 1. The van der Waals surface area contributed by atoms with E-state index < -0.39 is 11.2 Å². The summed E-state index contributed by atoms with van der Waals surface area (Å²) in [6.07, 6.45) is 5.28. The first-order chi connectivity index (χ1) is 16.4. The SMILES string of the molecule is CCON1C=CC(CNC(=O)c2ccc3c(c2)c(=O)n(Cc2ccc(I)cc2)c(=O)n3C)=CN1. The third-order valence-electron chi connectivity index (χ3n) is 5.39. The maximum Gasteiger partial charge on any atom is 0.331 e. The van der Waals surface area contributed by atoms with Crippen LogP contribution in [0.15, 0.2) is 76.1 Å². The molecule has 10 heteroatoms. The molecule has 0 aliphatic carbocycles. The van der Waals surface area contributed by atoms with E-state index in [-0.39, 0.29) is 12.5 Å². The number of carbonyl (C=O) groups excluding carboxylic acids is 1. The fourth-order valence-corrected chi connectivity index (χ4v) is 3.94. The summed E-state index contributed by atoms with van der Waals surface area (Å²) in [5.74, 6) is -0.319. The highest BCUT2D eigenvalue weighted by Crippen LogP contribution is 2.13. The van der Waals surface area contributed by atoms with Gasteiger partial charge >= 0.3 is 5.69 Å². The van der Waals surface area contributed by atoms with Crippen LogP contribution in [0.2, 0.25) is 0 Å². The van der Waals surface area contributed by atoms with Crippen LogP contribution in [0.25, 0.3) is 10.9 Å². The van der Waals surface area contributed by atoms with Gasteiger partial charge in [-0.3, -0.25) is 29.0 Å². The lowest BCUT2D eigenvalue weighted by atomic mass is 10.1. The first-order valence-corrected chi connectivity index (χ1v) is 11.8. The number of aryl methyl sites for hydroxylation is 1. The Morgan fingerprint density at radius 3 is 2.59 bits per heavy atom. The van der Waals surface area contributed by atoms with Crippen molar-refractivity contribution in [2.75, 3.05) is 13.2 Å². The van der Waals surface area contributed by atoms with Crippen LogP contribution in [0.3, 0.4) is 0 Å². The number of nitrogens with zero attached hydrogens (tertiary/aromatic N) is 3. The van der Waals surface area contributed by atoms with Gasteiger partial charge in [0.1, 0.15) is 0 Å². The van der Waals surface area contributed by atoms with Crippen LogP contribution in [-0.4, -0.2) is 33.4 Å². The lowest BCUT2D eigenvalue weighted by molar-refractivity contribution is -0.143. The average Bonchev–Trinajstić information content (AvgIpc) is 2.85. The number of benzene rings is 2. The minimum atomic E-state index is -0.426. The van der Waals surface area contributed by atoms with Gasteiger partial charge in [-0.2, -0.15) is 5.17 Å². The number of amides is 1. The molecule has 0 spiro atoms. The molecule has 3 aromatic rings. The molecule has 0 bridgehead atoms. The summed E-state index contributed by atoms with van der Waals surface area (Å²) in [5.41, 5.74) is 4.63. The van der Waals surface area contributed by atoms with Crippen LogP contribution < -0.4 is 22.0 Å². The van der Waals surface area contributed by atoms with E-state index in [1.54, 1.807) is 31.6 Å². The Morgan fingerprint density at radius 1 is 1.15 bits per heavy atom. The highest BCUT2D eigenvalue weighted by Gasteiger charge is 2.15. The van der Waals surface area contributed by atoms with Crippen molar-refractivity contribution in [2.24, 2.45) is 7.05 Å². The summed E-state index contributed by atoms with van der Waals surface area (Å²) in [7, 11) is 1.62. The second-order valence-electron chi connectivity index (χ2n) is 7.68. The van der Waals surface area contributed by atoms with E-state index in [0.29, 0.717) is 29.6 Å². The van der Waals surface area contributed by atoms with Crippen molar-refractivity contribution in [1.29, 1.82) is 0 Å². The van der Waals surface area contributed by atoms with Crippen molar-refractivity contribution in [2.45, 2.75) is 13.5 Å². The molecule has 2 heterocycles. The number of aromatic nitrogens is 2. The molecular formula is C24H24IN5O4. The zero-order valence-electron chi connectivity index (χ0n) is 18.7. The molecule has 1 aliphatic rings. The van der Waals surface area contributed by atoms with Gasteiger partial charge < -0.3 is 5.32 Å². The Bertz CT molecular complexity index is 1410. The first-order valence-electron chi connectivity index (χ1n) is 10.7. The van der Waals surface area contributed by atoms with E-state index in [1.807, 2.05) is 37.3 Å². The summed E-state index contributed by atoms with van der Waals surface area (Å²) in [5, 5.41) is 4.63. The van der Waals surface area contributed by atoms with E-state index in [4.69, 9.17) is 4.84 Å². The Hall–Kier alpha value is -3.38. The van der Waals surface area contributed by atoms with E-state index >= 15 is 0 Å². The average molecular weight is 573 g/mol. The summed E-state index contributed by atoms with van der Waals surface area (Å²) >= 11 is 2.20. The molecule has 9 nitrogen and oxygen atoms in total. The van der Waals surface area contributed by atoms with Crippen molar-refractivity contribution in [3.63, 3.8) is 0 Å². The zero-order valence-corrected chi connectivity index (χ0v) is 20.9. The molecule has 0 saturated heterocycles. The molecule has 1 amide bonds. The maximum atomic E-state index is 13.2. The van der Waals surface area contributed by atoms with Gasteiger partial charge in [0.2, 0.25) is 0 Å². The van der Waals surface area contributed by atoms with Gasteiger partial charge in [0.25, 0.3) is 11.5 Å².